The first kappa shape index (κ1) is 12.4. The van der Waals surface area contributed by atoms with E-state index >= 15 is 0 Å². The highest BCUT2D eigenvalue weighted by atomic mass is 14.8. The van der Waals surface area contributed by atoms with Crippen molar-refractivity contribution in [2.24, 2.45) is 0 Å². The van der Waals surface area contributed by atoms with Gasteiger partial charge in [-0.1, -0.05) is 24.3 Å². The maximum Gasteiger partial charge on any atom is 0.0270 e. The molecule has 0 spiro atoms. The Hall–Kier alpha value is -1.67. The normalized spacial score (nSPS) is 14.5. The van der Waals surface area contributed by atoms with Crippen LogP contribution in [-0.2, 0) is 13.0 Å². The van der Waals surface area contributed by atoms with Crippen molar-refractivity contribution in [3.8, 4) is 0 Å². The molecule has 0 saturated heterocycles. The van der Waals surface area contributed by atoms with E-state index in [4.69, 9.17) is 0 Å². The molecule has 19 heavy (non-hydrogen) atoms. The van der Waals surface area contributed by atoms with Gasteiger partial charge in [0.15, 0.2) is 0 Å². The van der Waals surface area contributed by atoms with Crippen LogP contribution in [-0.4, -0.2) is 11.5 Å². The van der Waals surface area contributed by atoms with E-state index in [1.807, 2.05) is 12.4 Å². The quantitative estimate of drug-likeness (QED) is 0.798. The van der Waals surface area contributed by atoms with E-state index in [2.05, 4.69) is 46.7 Å². The lowest BCUT2D eigenvalue weighted by Crippen LogP contribution is -2.17. The molecule has 1 fully saturated rings. The van der Waals surface area contributed by atoms with E-state index in [1.54, 1.807) is 5.56 Å². The van der Waals surface area contributed by atoms with Gasteiger partial charge >= 0.3 is 0 Å². The largest absolute Gasteiger partial charge is 0.312 e. The molecule has 0 aliphatic heterocycles. The summed E-state index contributed by atoms with van der Waals surface area (Å²) in [5.74, 6) is 0.832. The van der Waals surface area contributed by atoms with Crippen LogP contribution in [0.2, 0.25) is 0 Å². The summed E-state index contributed by atoms with van der Waals surface area (Å²) in [4.78, 5) is 4.04. The van der Waals surface area contributed by atoms with Gasteiger partial charge in [0.05, 0.1) is 0 Å². The number of rotatable bonds is 6. The summed E-state index contributed by atoms with van der Waals surface area (Å²) >= 11 is 0. The van der Waals surface area contributed by atoms with Crippen LogP contribution in [0.25, 0.3) is 0 Å². The molecule has 0 amide bonds. The van der Waals surface area contributed by atoms with E-state index in [1.165, 1.54) is 24.0 Å². The topological polar surface area (TPSA) is 24.9 Å². The number of hydrogen-bond acceptors (Lipinski definition) is 2. The molecule has 98 valence electrons. The summed E-state index contributed by atoms with van der Waals surface area (Å²) in [6.45, 7) is 2.00. The molecule has 1 aliphatic carbocycles. The van der Waals surface area contributed by atoms with Crippen LogP contribution in [0.1, 0.15) is 35.4 Å². The Bertz CT molecular complexity index is 518. The number of hydrogen-bond donors (Lipinski definition) is 1. The van der Waals surface area contributed by atoms with Crippen molar-refractivity contribution in [3.63, 3.8) is 0 Å². The highest BCUT2D eigenvalue weighted by Crippen LogP contribution is 2.41. The van der Waals surface area contributed by atoms with Gasteiger partial charge in [0, 0.05) is 18.9 Å². The van der Waals surface area contributed by atoms with E-state index in [0.717, 1.165) is 25.4 Å². The second kappa shape index (κ2) is 5.98. The van der Waals surface area contributed by atoms with Crippen LogP contribution in [0.5, 0.6) is 0 Å². The lowest BCUT2D eigenvalue weighted by Gasteiger charge is -2.10. The van der Waals surface area contributed by atoms with Crippen molar-refractivity contribution in [1.29, 1.82) is 0 Å². The summed E-state index contributed by atoms with van der Waals surface area (Å²) in [5, 5.41) is 3.55. The second-order valence-corrected chi connectivity index (χ2v) is 5.26. The molecule has 1 heterocycles. The molecule has 0 radical (unpaired) electrons. The summed E-state index contributed by atoms with van der Waals surface area (Å²) in [5.41, 5.74) is 4.37. The molecule has 1 aliphatic rings. The molecule has 1 N–H and O–H groups in total. The van der Waals surface area contributed by atoms with Crippen LogP contribution < -0.4 is 5.32 Å². The predicted molar refractivity (Wildman–Crippen MR) is 78.1 cm³/mol. The molecule has 0 atom stereocenters. The number of aromatic nitrogens is 1. The van der Waals surface area contributed by atoms with Gasteiger partial charge in [-0.15, -0.1) is 0 Å². The molecular weight excluding hydrogens is 232 g/mol. The van der Waals surface area contributed by atoms with Crippen molar-refractivity contribution in [2.45, 2.75) is 31.7 Å². The van der Waals surface area contributed by atoms with E-state index in [0.29, 0.717) is 0 Å². The fraction of sp³-hybridized carbons (Fsp3) is 0.353. The van der Waals surface area contributed by atoms with Gasteiger partial charge in [-0.05, 0) is 60.5 Å². The monoisotopic (exact) mass is 252 g/mol. The fourth-order valence-electron chi connectivity index (χ4n) is 2.49. The average Bonchev–Trinajstić information content (AvgIpc) is 3.30. The zero-order chi connectivity index (χ0) is 12.9. The van der Waals surface area contributed by atoms with Crippen LogP contribution in [0, 0.1) is 0 Å². The third-order valence-electron chi connectivity index (χ3n) is 3.73. The molecule has 2 aromatic rings. The Morgan fingerprint density at radius 1 is 1.05 bits per heavy atom. The third-order valence-corrected chi connectivity index (χ3v) is 3.73. The Labute approximate surface area is 114 Å². The molecule has 2 heteroatoms. The maximum atomic E-state index is 4.04. The smallest absolute Gasteiger partial charge is 0.0270 e. The van der Waals surface area contributed by atoms with E-state index in [-0.39, 0.29) is 0 Å². The SMILES string of the molecule is c1ccc(C2CC2)c(CNCCc2ccncc2)c1. The van der Waals surface area contributed by atoms with Gasteiger partial charge in [-0.3, -0.25) is 4.98 Å². The number of nitrogens with zero attached hydrogens (tertiary/aromatic N) is 1. The molecule has 0 bridgehead atoms. The van der Waals surface area contributed by atoms with Gasteiger partial charge in [0.25, 0.3) is 0 Å². The summed E-state index contributed by atoms with van der Waals surface area (Å²) in [6, 6.07) is 13.0. The van der Waals surface area contributed by atoms with Gasteiger partial charge in [-0.25, -0.2) is 0 Å². The third kappa shape index (κ3) is 3.42. The predicted octanol–water partition coefficient (Wildman–Crippen LogP) is 3.29. The Kier molecular flexibility index (Phi) is 3.89. The first-order chi connectivity index (χ1) is 9.43. The van der Waals surface area contributed by atoms with Crippen LogP contribution in [0.15, 0.2) is 48.8 Å². The number of benzene rings is 1. The lowest BCUT2D eigenvalue weighted by molar-refractivity contribution is 0.682. The Morgan fingerprint density at radius 2 is 1.84 bits per heavy atom. The zero-order valence-corrected chi connectivity index (χ0v) is 11.2. The molecule has 3 rings (SSSR count). The van der Waals surface area contributed by atoms with Crippen LogP contribution in [0.4, 0.5) is 0 Å². The van der Waals surface area contributed by atoms with Gasteiger partial charge < -0.3 is 5.32 Å². The highest BCUT2D eigenvalue weighted by Gasteiger charge is 2.25. The molecule has 1 aromatic carbocycles. The Balaban J connectivity index is 1.50. The number of pyridine rings is 1. The molecular formula is C17H20N2. The minimum Gasteiger partial charge on any atom is -0.312 e. The summed E-state index contributed by atoms with van der Waals surface area (Å²) in [7, 11) is 0. The zero-order valence-electron chi connectivity index (χ0n) is 11.2. The minimum absolute atomic E-state index is 0.832. The first-order valence-corrected chi connectivity index (χ1v) is 7.11. The number of nitrogens with one attached hydrogen (secondary N) is 1. The van der Waals surface area contributed by atoms with Crippen LogP contribution in [0.3, 0.4) is 0 Å². The van der Waals surface area contributed by atoms with Crippen molar-refractivity contribution in [2.75, 3.05) is 6.54 Å². The van der Waals surface area contributed by atoms with Crippen molar-refractivity contribution in [3.05, 3.63) is 65.5 Å². The summed E-state index contributed by atoms with van der Waals surface area (Å²) < 4.78 is 0. The van der Waals surface area contributed by atoms with Crippen LogP contribution >= 0.6 is 0 Å². The van der Waals surface area contributed by atoms with Gasteiger partial charge in [0.1, 0.15) is 0 Å². The molecule has 2 nitrogen and oxygen atoms in total. The van der Waals surface area contributed by atoms with Crippen molar-refractivity contribution in [1.82, 2.24) is 10.3 Å². The standard InChI is InChI=1S/C17H20N2/c1-2-4-17(15-5-6-15)16(3-1)13-19-12-9-14-7-10-18-11-8-14/h1-4,7-8,10-11,15,19H,5-6,9,12-13H2. The van der Waals surface area contributed by atoms with E-state index < -0.39 is 0 Å². The fourth-order valence-corrected chi connectivity index (χ4v) is 2.49. The molecule has 0 unspecified atom stereocenters. The highest BCUT2D eigenvalue weighted by molar-refractivity contribution is 5.33. The van der Waals surface area contributed by atoms with Gasteiger partial charge in [-0.2, -0.15) is 0 Å². The van der Waals surface area contributed by atoms with Crippen molar-refractivity contribution < 1.29 is 0 Å². The van der Waals surface area contributed by atoms with Gasteiger partial charge in [0.2, 0.25) is 0 Å². The minimum atomic E-state index is 0.832. The molecule has 1 aromatic heterocycles. The molecule has 1 saturated carbocycles. The lowest BCUT2D eigenvalue weighted by atomic mass is 10.0. The van der Waals surface area contributed by atoms with Crippen molar-refractivity contribution >= 4 is 0 Å². The summed E-state index contributed by atoms with van der Waals surface area (Å²) in [6.07, 6.45) is 7.52. The van der Waals surface area contributed by atoms with E-state index in [9.17, 15) is 0 Å². The average molecular weight is 252 g/mol. The maximum absolute atomic E-state index is 4.04. The Morgan fingerprint density at radius 3 is 2.63 bits per heavy atom. The second-order valence-electron chi connectivity index (χ2n) is 5.26. The first-order valence-electron chi connectivity index (χ1n) is 7.11.